The van der Waals surface area contributed by atoms with Crippen molar-refractivity contribution in [3.05, 3.63) is 66.6 Å². The molecule has 31 heavy (non-hydrogen) atoms. The summed E-state index contributed by atoms with van der Waals surface area (Å²) in [5.74, 6) is 2.47. The van der Waals surface area contributed by atoms with Crippen LogP contribution in [-0.4, -0.2) is 54.4 Å². The molecule has 0 radical (unpaired) electrons. The number of nitrogens with zero attached hydrogens (tertiary/aromatic N) is 2. The number of para-hydroxylation sites is 2. The van der Waals surface area contributed by atoms with Crippen LogP contribution < -0.4 is 9.47 Å². The Morgan fingerprint density at radius 3 is 2.77 bits per heavy atom. The van der Waals surface area contributed by atoms with E-state index in [1.54, 1.807) is 7.11 Å². The highest BCUT2D eigenvalue weighted by Crippen LogP contribution is 2.31. The Morgan fingerprint density at radius 2 is 2.03 bits per heavy atom. The number of methoxy groups -OCH3 is 1. The van der Waals surface area contributed by atoms with Crippen LogP contribution >= 0.6 is 0 Å². The molecule has 3 aromatic rings. The molecule has 0 amide bonds. The first-order chi connectivity index (χ1) is 15.2. The molecular formula is C25H30N2O4. The van der Waals surface area contributed by atoms with E-state index in [1.807, 2.05) is 48.5 Å². The molecule has 1 fully saturated rings. The lowest BCUT2D eigenvalue weighted by atomic mass is 9.96. The molecule has 0 saturated carbocycles. The third-order valence-corrected chi connectivity index (χ3v) is 5.76. The summed E-state index contributed by atoms with van der Waals surface area (Å²) >= 11 is 0. The summed E-state index contributed by atoms with van der Waals surface area (Å²) in [6, 6.07) is 13.7. The number of fused-ring (bicyclic) bond motifs is 1. The second-order valence-electron chi connectivity index (χ2n) is 8.04. The lowest BCUT2D eigenvalue weighted by molar-refractivity contribution is 0.0575. The predicted molar refractivity (Wildman–Crippen MR) is 121 cm³/mol. The molecule has 164 valence electrons. The van der Waals surface area contributed by atoms with Crippen molar-refractivity contribution >= 4 is 11.1 Å². The number of hydrogen-bond donors (Lipinski definition) is 1. The van der Waals surface area contributed by atoms with Crippen molar-refractivity contribution in [1.29, 1.82) is 0 Å². The number of ether oxygens (including phenoxy) is 2. The van der Waals surface area contributed by atoms with E-state index in [0.29, 0.717) is 24.0 Å². The topological polar surface area (TPSA) is 68.0 Å². The van der Waals surface area contributed by atoms with E-state index in [4.69, 9.17) is 13.9 Å². The lowest BCUT2D eigenvalue weighted by Gasteiger charge is -2.31. The maximum absolute atomic E-state index is 10.5. The number of piperidine rings is 1. The first-order valence-corrected chi connectivity index (χ1v) is 10.8. The third kappa shape index (κ3) is 5.27. The standard InChI is InChI=1S/C25H30N2O4/c1-3-6-18-9-10-23(24(15-18)29-2)30-17-20(28)16-27-13-11-19(12-14-27)25-26-21-7-4-5-8-22(21)31-25/h3-5,7-10,15,19-20,28H,1,6,11-14,16-17H2,2H3. The van der Waals surface area contributed by atoms with Crippen molar-refractivity contribution in [2.75, 3.05) is 33.4 Å². The number of β-amino-alcohol motifs (C(OH)–C–C–N with tert-alkyl or cyclic N) is 1. The van der Waals surface area contributed by atoms with Crippen molar-refractivity contribution in [2.24, 2.45) is 0 Å². The van der Waals surface area contributed by atoms with Gasteiger partial charge in [0.2, 0.25) is 0 Å². The predicted octanol–water partition coefficient (Wildman–Crippen LogP) is 4.18. The van der Waals surface area contributed by atoms with Crippen LogP contribution in [0.4, 0.5) is 0 Å². The molecule has 2 aromatic carbocycles. The molecule has 4 rings (SSSR count). The minimum Gasteiger partial charge on any atom is -0.493 e. The fraction of sp³-hybridized carbons (Fsp3) is 0.400. The zero-order valence-corrected chi connectivity index (χ0v) is 18.0. The van der Waals surface area contributed by atoms with E-state index in [-0.39, 0.29) is 6.61 Å². The van der Waals surface area contributed by atoms with Crippen LogP contribution in [0, 0.1) is 0 Å². The lowest BCUT2D eigenvalue weighted by Crippen LogP contribution is -2.40. The highest BCUT2D eigenvalue weighted by molar-refractivity contribution is 5.72. The molecule has 1 unspecified atom stereocenters. The van der Waals surface area contributed by atoms with Crippen LogP contribution in [0.3, 0.4) is 0 Å². The number of hydrogen-bond acceptors (Lipinski definition) is 6. The number of aliphatic hydroxyl groups is 1. The quantitative estimate of drug-likeness (QED) is 0.522. The molecule has 1 atom stereocenters. The van der Waals surface area contributed by atoms with Gasteiger partial charge in [-0.2, -0.15) is 0 Å². The molecule has 1 aromatic heterocycles. The van der Waals surface area contributed by atoms with Crippen LogP contribution in [0.25, 0.3) is 11.1 Å². The van der Waals surface area contributed by atoms with Crippen LogP contribution in [0.1, 0.15) is 30.2 Å². The fourth-order valence-electron chi connectivity index (χ4n) is 4.09. The molecule has 1 aliphatic heterocycles. The SMILES string of the molecule is C=CCc1ccc(OCC(O)CN2CCC(c3nc4ccccc4o3)CC2)c(OC)c1. The first-order valence-electron chi connectivity index (χ1n) is 10.8. The largest absolute Gasteiger partial charge is 0.493 e. The molecular weight excluding hydrogens is 392 g/mol. The zero-order chi connectivity index (χ0) is 21.6. The highest BCUT2D eigenvalue weighted by Gasteiger charge is 2.26. The maximum Gasteiger partial charge on any atom is 0.198 e. The number of rotatable bonds is 9. The number of aromatic nitrogens is 1. The van der Waals surface area contributed by atoms with Gasteiger partial charge in [-0.05, 0) is 62.2 Å². The minimum absolute atomic E-state index is 0.224. The summed E-state index contributed by atoms with van der Waals surface area (Å²) in [4.78, 5) is 6.92. The summed E-state index contributed by atoms with van der Waals surface area (Å²) in [6.45, 7) is 6.37. The average molecular weight is 423 g/mol. The van der Waals surface area contributed by atoms with E-state index in [2.05, 4.69) is 16.5 Å². The van der Waals surface area contributed by atoms with Crippen molar-refractivity contribution in [3.63, 3.8) is 0 Å². The summed E-state index contributed by atoms with van der Waals surface area (Å²) in [5.41, 5.74) is 2.88. The Hall–Kier alpha value is -2.83. The summed E-state index contributed by atoms with van der Waals surface area (Å²) < 4.78 is 17.2. The second-order valence-corrected chi connectivity index (χ2v) is 8.04. The minimum atomic E-state index is -0.571. The molecule has 0 bridgehead atoms. The summed E-state index contributed by atoms with van der Waals surface area (Å²) in [5, 5.41) is 10.5. The molecule has 2 heterocycles. The summed E-state index contributed by atoms with van der Waals surface area (Å²) in [6.07, 6.45) is 4.00. The smallest absolute Gasteiger partial charge is 0.198 e. The average Bonchev–Trinajstić information content (AvgIpc) is 3.23. The van der Waals surface area contributed by atoms with Gasteiger partial charge in [-0.1, -0.05) is 24.3 Å². The van der Waals surface area contributed by atoms with Crippen molar-refractivity contribution in [1.82, 2.24) is 9.88 Å². The van der Waals surface area contributed by atoms with Crippen molar-refractivity contribution in [2.45, 2.75) is 31.3 Å². The van der Waals surface area contributed by atoms with Crippen LogP contribution in [-0.2, 0) is 6.42 Å². The third-order valence-electron chi connectivity index (χ3n) is 5.76. The van der Waals surface area contributed by atoms with Crippen LogP contribution in [0.2, 0.25) is 0 Å². The molecule has 6 heteroatoms. The van der Waals surface area contributed by atoms with Gasteiger partial charge in [0.1, 0.15) is 18.2 Å². The number of likely N-dealkylation sites (tertiary alicyclic amines) is 1. The monoisotopic (exact) mass is 422 g/mol. The number of oxazole rings is 1. The number of allylic oxidation sites excluding steroid dienone is 1. The number of aliphatic hydroxyl groups excluding tert-OH is 1. The molecule has 1 N–H and O–H groups in total. The normalized spacial score (nSPS) is 16.3. The van der Waals surface area contributed by atoms with Crippen LogP contribution in [0.5, 0.6) is 11.5 Å². The van der Waals surface area contributed by atoms with Gasteiger partial charge in [0.15, 0.2) is 23.0 Å². The Balaban J connectivity index is 1.25. The van der Waals surface area contributed by atoms with Gasteiger partial charge in [0, 0.05) is 12.5 Å². The Kier molecular flexibility index (Phi) is 6.89. The van der Waals surface area contributed by atoms with E-state index in [0.717, 1.165) is 54.9 Å². The van der Waals surface area contributed by atoms with Crippen molar-refractivity contribution < 1.29 is 19.0 Å². The first kappa shape index (κ1) is 21.4. The van der Waals surface area contributed by atoms with Gasteiger partial charge >= 0.3 is 0 Å². The summed E-state index contributed by atoms with van der Waals surface area (Å²) in [7, 11) is 1.62. The highest BCUT2D eigenvalue weighted by atomic mass is 16.5. The molecule has 0 aliphatic carbocycles. The van der Waals surface area contributed by atoms with E-state index < -0.39 is 6.10 Å². The van der Waals surface area contributed by atoms with Gasteiger partial charge in [0.05, 0.1) is 7.11 Å². The van der Waals surface area contributed by atoms with Gasteiger partial charge < -0.3 is 23.9 Å². The Morgan fingerprint density at radius 1 is 1.23 bits per heavy atom. The molecule has 1 aliphatic rings. The molecule has 6 nitrogen and oxygen atoms in total. The second kappa shape index (κ2) is 9.98. The van der Waals surface area contributed by atoms with E-state index in [1.165, 1.54) is 0 Å². The van der Waals surface area contributed by atoms with Gasteiger partial charge in [-0.3, -0.25) is 0 Å². The zero-order valence-electron chi connectivity index (χ0n) is 18.0. The van der Waals surface area contributed by atoms with Crippen LogP contribution in [0.15, 0.2) is 59.5 Å². The van der Waals surface area contributed by atoms with Crippen molar-refractivity contribution in [3.8, 4) is 11.5 Å². The fourth-order valence-corrected chi connectivity index (χ4v) is 4.09. The van der Waals surface area contributed by atoms with Gasteiger partial charge in [-0.25, -0.2) is 4.98 Å². The van der Waals surface area contributed by atoms with Gasteiger partial charge in [-0.15, -0.1) is 6.58 Å². The molecule has 1 saturated heterocycles. The van der Waals surface area contributed by atoms with E-state index >= 15 is 0 Å². The Labute approximate surface area is 183 Å². The maximum atomic E-state index is 10.5. The number of benzene rings is 2. The van der Waals surface area contributed by atoms with E-state index in [9.17, 15) is 5.11 Å². The molecule has 0 spiro atoms. The van der Waals surface area contributed by atoms with Gasteiger partial charge in [0.25, 0.3) is 0 Å². The Bertz CT molecular complexity index is 975.